The van der Waals surface area contributed by atoms with Crippen LogP contribution in [0.2, 0.25) is 0 Å². The fraction of sp³-hybridized carbons (Fsp3) is 0.320. The second-order valence-corrected chi connectivity index (χ2v) is 9.45. The minimum atomic E-state index is -0.280. The van der Waals surface area contributed by atoms with Crippen molar-refractivity contribution in [2.24, 2.45) is 0 Å². The van der Waals surface area contributed by atoms with Crippen molar-refractivity contribution in [3.8, 4) is 22.8 Å². The number of hydrogen-bond donors (Lipinski definition) is 2. The lowest BCUT2D eigenvalue weighted by Gasteiger charge is -2.23. The molecule has 0 radical (unpaired) electrons. The van der Waals surface area contributed by atoms with Gasteiger partial charge in [-0.25, -0.2) is 4.98 Å². The van der Waals surface area contributed by atoms with E-state index in [2.05, 4.69) is 36.4 Å². The van der Waals surface area contributed by atoms with Gasteiger partial charge in [-0.1, -0.05) is 45.0 Å². The summed E-state index contributed by atoms with van der Waals surface area (Å²) in [7, 11) is 1.62. The van der Waals surface area contributed by atoms with Gasteiger partial charge in [0.25, 0.3) is 5.91 Å². The number of ether oxygens (including phenoxy) is 2. The summed E-state index contributed by atoms with van der Waals surface area (Å²) in [4.78, 5) is 28.0. The second-order valence-electron chi connectivity index (χ2n) is 8.59. The van der Waals surface area contributed by atoms with E-state index in [0.717, 1.165) is 28.1 Å². The molecule has 0 unspecified atom stereocenters. The van der Waals surface area contributed by atoms with Crippen molar-refractivity contribution in [2.75, 3.05) is 19.0 Å². The molecule has 8 heteroatoms. The zero-order valence-electron chi connectivity index (χ0n) is 19.5. The number of methoxy groups -OCH3 is 1. The molecule has 3 aromatic rings. The molecule has 2 aromatic carbocycles. The largest absolute Gasteiger partial charge is 0.497 e. The van der Waals surface area contributed by atoms with E-state index in [1.807, 2.05) is 47.8 Å². The Labute approximate surface area is 198 Å². The lowest BCUT2D eigenvalue weighted by molar-refractivity contribution is -0.119. The van der Waals surface area contributed by atoms with E-state index in [9.17, 15) is 9.59 Å². The third kappa shape index (κ3) is 6.79. The van der Waals surface area contributed by atoms with Gasteiger partial charge >= 0.3 is 0 Å². The van der Waals surface area contributed by atoms with Gasteiger partial charge in [0.1, 0.15) is 11.5 Å². The third-order valence-electron chi connectivity index (χ3n) is 4.90. The van der Waals surface area contributed by atoms with E-state index < -0.39 is 0 Å². The molecular weight excluding hydrogens is 438 g/mol. The first kappa shape index (κ1) is 24.3. The van der Waals surface area contributed by atoms with E-state index in [-0.39, 0.29) is 23.8 Å². The van der Waals surface area contributed by atoms with Crippen LogP contribution in [0.1, 0.15) is 38.8 Å². The lowest BCUT2D eigenvalue weighted by Crippen LogP contribution is -2.22. The monoisotopic (exact) mass is 467 g/mol. The molecule has 0 bridgehead atoms. The molecule has 2 amide bonds. The molecule has 0 atom stereocenters. The van der Waals surface area contributed by atoms with Crippen molar-refractivity contribution in [1.29, 1.82) is 0 Å². The molecule has 0 aliphatic rings. The first-order valence-corrected chi connectivity index (χ1v) is 11.4. The Balaban J connectivity index is 1.60. The minimum Gasteiger partial charge on any atom is -0.497 e. The fourth-order valence-electron chi connectivity index (χ4n) is 3.13. The van der Waals surface area contributed by atoms with Crippen LogP contribution < -0.4 is 20.1 Å². The zero-order valence-corrected chi connectivity index (χ0v) is 20.3. The summed E-state index contributed by atoms with van der Waals surface area (Å²) < 4.78 is 11.1. The number of rotatable bonds is 8. The highest BCUT2D eigenvalue weighted by molar-refractivity contribution is 7.14. The Morgan fingerprint density at radius 3 is 2.45 bits per heavy atom. The number of thiazole rings is 1. The summed E-state index contributed by atoms with van der Waals surface area (Å²) in [5, 5.41) is 7.96. The first-order valence-electron chi connectivity index (χ1n) is 10.6. The van der Waals surface area contributed by atoms with E-state index in [1.54, 1.807) is 7.11 Å². The average molecular weight is 468 g/mol. The summed E-state index contributed by atoms with van der Waals surface area (Å²) in [5.41, 5.74) is 3.51. The number of hydrogen-bond acceptors (Lipinski definition) is 6. The predicted octanol–water partition coefficient (Wildman–Crippen LogP) is 4.77. The van der Waals surface area contributed by atoms with Crippen molar-refractivity contribution in [3.05, 3.63) is 59.0 Å². The van der Waals surface area contributed by atoms with Gasteiger partial charge in [0.15, 0.2) is 11.7 Å². The van der Waals surface area contributed by atoms with Gasteiger partial charge in [-0.3, -0.25) is 14.9 Å². The van der Waals surface area contributed by atoms with E-state index in [0.29, 0.717) is 17.4 Å². The van der Waals surface area contributed by atoms with Crippen molar-refractivity contribution in [3.63, 3.8) is 0 Å². The fourth-order valence-corrected chi connectivity index (χ4v) is 3.87. The van der Waals surface area contributed by atoms with Crippen LogP contribution in [0, 0.1) is 0 Å². The third-order valence-corrected chi connectivity index (χ3v) is 5.65. The van der Waals surface area contributed by atoms with Crippen LogP contribution in [0.5, 0.6) is 11.5 Å². The number of anilines is 1. The summed E-state index contributed by atoms with van der Waals surface area (Å²) >= 11 is 1.35. The average Bonchev–Trinajstić information content (AvgIpc) is 3.24. The molecule has 7 nitrogen and oxygen atoms in total. The number of carbonyl (C=O) groups excluding carboxylic acids is 2. The van der Waals surface area contributed by atoms with Gasteiger partial charge < -0.3 is 14.8 Å². The van der Waals surface area contributed by atoms with Crippen molar-refractivity contribution >= 4 is 28.3 Å². The molecule has 0 fully saturated rings. The number of nitrogens with one attached hydrogen (secondary N) is 2. The topological polar surface area (TPSA) is 89.6 Å². The van der Waals surface area contributed by atoms with Gasteiger partial charge in [0.05, 0.1) is 12.8 Å². The second kappa shape index (κ2) is 10.5. The maximum atomic E-state index is 12.5. The van der Waals surface area contributed by atoms with Crippen molar-refractivity contribution in [1.82, 2.24) is 10.3 Å². The van der Waals surface area contributed by atoms with Crippen LogP contribution in [0.25, 0.3) is 11.3 Å². The van der Waals surface area contributed by atoms with Crippen LogP contribution >= 0.6 is 11.3 Å². The number of benzene rings is 2. The minimum absolute atomic E-state index is 0.0652. The molecule has 0 aliphatic heterocycles. The normalized spacial score (nSPS) is 11.1. The lowest BCUT2D eigenvalue weighted by atomic mass is 9.86. The van der Waals surface area contributed by atoms with Crippen LogP contribution in [0.4, 0.5) is 5.13 Å². The van der Waals surface area contributed by atoms with Crippen molar-refractivity contribution in [2.45, 2.75) is 39.7 Å². The molecule has 33 heavy (non-hydrogen) atoms. The van der Waals surface area contributed by atoms with E-state index in [4.69, 9.17) is 9.47 Å². The number of amides is 2. The van der Waals surface area contributed by atoms with E-state index >= 15 is 0 Å². The molecule has 0 aliphatic carbocycles. The molecule has 0 saturated heterocycles. The maximum Gasteiger partial charge on any atom is 0.264 e. The van der Waals surface area contributed by atoms with Gasteiger partial charge in [0.2, 0.25) is 5.91 Å². The Hall–Kier alpha value is -3.39. The Kier molecular flexibility index (Phi) is 7.71. The van der Waals surface area contributed by atoms with Crippen LogP contribution in [0.15, 0.2) is 47.8 Å². The van der Waals surface area contributed by atoms with E-state index in [1.165, 1.54) is 18.3 Å². The Bertz CT molecular complexity index is 1120. The molecular formula is C25H29N3O4S. The first-order chi connectivity index (χ1) is 15.7. The number of carbonyl (C=O) groups is 2. The summed E-state index contributed by atoms with van der Waals surface area (Å²) in [6, 6.07) is 13.3. The van der Waals surface area contributed by atoms with Crippen LogP contribution in [0.3, 0.4) is 0 Å². The van der Waals surface area contributed by atoms with Gasteiger partial charge in [0, 0.05) is 30.0 Å². The molecule has 1 heterocycles. The standard InChI is InChI=1S/C25H29N3O4S/c1-16(29)26-13-17-6-8-18(9-7-17)21-15-33-24(27-21)28-23(30)14-32-22-11-10-19(31-5)12-20(22)25(2,3)4/h6-12,15H,13-14H2,1-5H3,(H,26,29)(H,27,28,30). The zero-order chi connectivity index (χ0) is 24.0. The molecule has 0 spiro atoms. The van der Waals surface area contributed by atoms with Gasteiger partial charge in [-0.15, -0.1) is 11.3 Å². The SMILES string of the molecule is COc1ccc(OCC(=O)Nc2nc(-c3ccc(CNC(C)=O)cc3)cs2)c(C(C)(C)C)c1. The highest BCUT2D eigenvalue weighted by Crippen LogP contribution is 2.34. The highest BCUT2D eigenvalue weighted by atomic mass is 32.1. The Morgan fingerprint density at radius 2 is 1.82 bits per heavy atom. The molecule has 1 aromatic heterocycles. The number of nitrogens with zero attached hydrogens (tertiary/aromatic N) is 1. The number of aromatic nitrogens is 1. The van der Waals surface area contributed by atoms with Crippen LogP contribution in [-0.4, -0.2) is 30.5 Å². The molecule has 3 rings (SSSR count). The van der Waals surface area contributed by atoms with Gasteiger partial charge in [-0.2, -0.15) is 0 Å². The quantitative estimate of drug-likeness (QED) is 0.498. The highest BCUT2D eigenvalue weighted by Gasteiger charge is 2.21. The molecule has 0 saturated carbocycles. The summed E-state index contributed by atoms with van der Waals surface area (Å²) in [5.74, 6) is 1.05. The van der Waals surface area contributed by atoms with Gasteiger partial charge in [-0.05, 0) is 29.2 Å². The maximum absolute atomic E-state index is 12.5. The predicted molar refractivity (Wildman–Crippen MR) is 131 cm³/mol. The molecule has 2 N–H and O–H groups in total. The summed E-state index contributed by atoms with van der Waals surface area (Å²) in [6.45, 7) is 8.10. The molecule has 174 valence electrons. The van der Waals surface area contributed by atoms with Crippen molar-refractivity contribution < 1.29 is 19.1 Å². The summed E-state index contributed by atoms with van der Waals surface area (Å²) in [6.07, 6.45) is 0. The smallest absolute Gasteiger partial charge is 0.264 e. The Morgan fingerprint density at radius 1 is 1.09 bits per heavy atom. The van der Waals surface area contributed by atoms with Crippen LogP contribution in [-0.2, 0) is 21.5 Å².